The molecule has 1 aromatic rings. The highest BCUT2D eigenvalue weighted by Crippen LogP contribution is 2.17. The Kier molecular flexibility index (Phi) is 5.29. The fourth-order valence-corrected chi connectivity index (χ4v) is 2.48. The van der Waals surface area contributed by atoms with E-state index in [1.54, 1.807) is 4.90 Å². The molecule has 1 unspecified atom stereocenters. The predicted octanol–water partition coefficient (Wildman–Crippen LogP) is 2.90. The van der Waals surface area contributed by atoms with Gasteiger partial charge in [-0.1, -0.05) is 30.3 Å². The van der Waals surface area contributed by atoms with Crippen LogP contribution in [0.2, 0.25) is 0 Å². The van der Waals surface area contributed by atoms with Crippen LogP contribution in [0.3, 0.4) is 0 Å². The highest BCUT2D eigenvalue weighted by molar-refractivity contribution is 8.13. The number of ether oxygens (including phenoxy) is 2. The second-order valence-corrected chi connectivity index (χ2v) is 5.34. The first-order valence-corrected chi connectivity index (χ1v) is 7.46. The maximum Gasteiger partial charge on any atom is 0.410 e. The molecule has 0 aliphatic carbocycles. The van der Waals surface area contributed by atoms with E-state index in [9.17, 15) is 9.59 Å². The molecule has 0 spiro atoms. The van der Waals surface area contributed by atoms with Gasteiger partial charge >= 0.3 is 11.4 Å². The number of carbonyl (C=O) groups is 2. The number of cyclic esters (lactones) is 1. The van der Waals surface area contributed by atoms with E-state index in [1.165, 1.54) is 0 Å². The van der Waals surface area contributed by atoms with E-state index in [2.05, 4.69) is 0 Å². The minimum atomic E-state index is -0.347. The normalized spacial score (nSPS) is 17.9. The second kappa shape index (κ2) is 7.19. The SMILES string of the molecule is CCN1CC(CSC(=O)OCc2ccccc2)OC1=O. The zero-order valence-electron chi connectivity index (χ0n) is 11.3. The Labute approximate surface area is 122 Å². The number of benzene rings is 1. The number of thioether (sulfide) groups is 1. The summed E-state index contributed by atoms with van der Waals surface area (Å²) in [6.45, 7) is 3.32. The molecule has 108 valence electrons. The molecule has 0 bridgehead atoms. The Bertz CT molecular complexity index is 466. The van der Waals surface area contributed by atoms with Crippen molar-refractivity contribution in [2.75, 3.05) is 18.8 Å². The van der Waals surface area contributed by atoms with Gasteiger partial charge in [0.05, 0.1) is 6.54 Å². The van der Waals surface area contributed by atoms with E-state index in [0.29, 0.717) is 18.8 Å². The van der Waals surface area contributed by atoms with Gasteiger partial charge in [-0.3, -0.25) is 0 Å². The van der Waals surface area contributed by atoms with Gasteiger partial charge in [-0.15, -0.1) is 0 Å². The monoisotopic (exact) mass is 295 g/mol. The van der Waals surface area contributed by atoms with Crippen molar-refractivity contribution in [2.45, 2.75) is 19.6 Å². The van der Waals surface area contributed by atoms with E-state index >= 15 is 0 Å². The Morgan fingerprint density at radius 1 is 1.45 bits per heavy atom. The van der Waals surface area contributed by atoms with Gasteiger partial charge in [-0.2, -0.15) is 0 Å². The van der Waals surface area contributed by atoms with Gasteiger partial charge in [-0.05, 0) is 24.2 Å². The molecule has 0 radical (unpaired) electrons. The second-order valence-electron chi connectivity index (χ2n) is 4.38. The van der Waals surface area contributed by atoms with Crippen LogP contribution in [0.15, 0.2) is 30.3 Å². The fraction of sp³-hybridized carbons (Fsp3) is 0.429. The van der Waals surface area contributed by atoms with Crippen molar-refractivity contribution in [3.05, 3.63) is 35.9 Å². The molecule has 1 saturated heterocycles. The highest BCUT2D eigenvalue weighted by Gasteiger charge is 2.30. The summed E-state index contributed by atoms with van der Waals surface area (Å²) < 4.78 is 10.3. The molecular formula is C14H17NO4S. The summed E-state index contributed by atoms with van der Waals surface area (Å²) in [7, 11) is 0. The minimum absolute atomic E-state index is 0.239. The van der Waals surface area contributed by atoms with E-state index in [0.717, 1.165) is 17.3 Å². The number of rotatable bonds is 5. The van der Waals surface area contributed by atoms with Crippen LogP contribution in [-0.2, 0) is 16.1 Å². The van der Waals surface area contributed by atoms with Crippen LogP contribution in [0, 0.1) is 0 Å². The Morgan fingerprint density at radius 2 is 2.20 bits per heavy atom. The van der Waals surface area contributed by atoms with Crippen LogP contribution in [0.4, 0.5) is 9.59 Å². The van der Waals surface area contributed by atoms with Crippen LogP contribution >= 0.6 is 11.8 Å². The number of hydrogen-bond acceptors (Lipinski definition) is 5. The molecule has 1 aliphatic rings. The van der Waals surface area contributed by atoms with Gasteiger partial charge in [0, 0.05) is 12.3 Å². The molecule has 5 nitrogen and oxygen atoms in total. The topological polar surface area (TPSA) is 55.8 Å². The smallest absolute Gasteiger partial charge is 0.410 e. The van der Waals surface area contributed by atoms with E-state index in [1.807, 2.05) is 37.3 Å². The Hall–Kier alpha value is -1.69. The van der Waals surface area contributed by atoms with E-state index in [-0.39, 0.29) is 24.1 Å². The molecule has 2 rings (SSSR count). The van der Waals surface area contributed by atoms with Gasteiger partial charge in [0.25, 0.3) is 0 Å². The van der Waals surface area contributed by atoms with Crippen LogP contribution in [0.1, 0.15) is 12.5 Å². The van der Waals surface area contributed by atoms with Gasteiger partial charge < -0.3 is 14.4 Å². The van der Waals surface area contributed by atoms with Crippen molar-refractivity contribution in [1.82, 2.24) is 4.90 Å². The molecule has 1 atom stereocenters. The van der Waals surface area contributed by atoms with Gasteiger partial charge in [0.1, 0.15) is 12.7 Å². The van der Waals surface area contributed by atoms with Gasteiger partial charge in [-0.25, -0.2) is 9.59 Å². The van der Waals surface area contributed by atoms with E-state index in [4.69, 9.17) is 9.47 Å². The van der Waals surface area contributed by atoms with Gasteiger partial charge in [0.15, 0.2) is 0 Å². The molecule has 20 heavy (non-hydrogen) atoms. The number of hydrogen-bond donors (Lipinski definition) is 0. The fourth-order valence-electron chi connectivity index (χ4n) is 1.84. The van der Waals surface area contributed by atoms with Crippen LogP contribution in [-0.4, -0.2) is 41.2 Å². The summed E-state index contributed by atoms with van der Waals surface area (Å²) in [4.78, 5) is 24.6. The van der Waals surface area contributed by atoms with Crippen molar-refractivity contribution in [3.8, 4) is 0 Å². The largest absolute Gasteiger partial charge is 0.453 e. The van der Waals surface area contributed by atoms with Crippen molar-refractivity contribution in [1.29, 1.82) is 0 Å². The lowest BCUT2D eigenvalue weighted by Gasteiger charge is -2.08. The lowest BCUT2D eigenvalue weighted by molar-refractivity contribution is 0.140. The number of nitrogens with zero attached hydrogens (tertiary/aromatic N) is 1. The molecular weight excluding hydrogens is 278 g/mol. The van der Waals surface area contributed by atoms with Gasteiger partial charge in [0.2, 0.25) is 0 Å². The predicted molar refractivity (Wildman–Crippen MR) is 76.6 cm³/mol. The molecule has 0 aromatic heterocycles. The maximum atomic E-state index is 11.6. The lowest BCUT2D eigenvalue weighted by atomic mass is 10.2. The third-order valence-corrected chi connectivity index (χ3v) is 3.81. The standard InChI is InChI=1S/C14H17NO4S/c1-2-15-8-12(19-13(15)16)10-20-14(17)18-9-11-6-4-3-5-7-11/h3-7,12H,2,8-10H2,1H3. The zero-order valence-corrected chi connectivity index (χ0v) is 12.1. The lowest BCUT2D eigenvalue weighted by Crippen LogP contribution is -2.25. The van der Waals surface area contributed by atoms with Crippen molar-refractivity contribution in [2.24, 2.45) is 0 Å². The molecule has 0 N–H and O–H groups in total. The highest BCUT2D eigenvalue weighted by atomic mass is 32.2. The average Bonchev–Trinajstić information content (AvgIpc) is 2.84. The first kappa shape index (κ1) is 14.7. The Balaban J connectivity index is 1.67. The first-order chi connectivity index (χ1) is 9.69. The van der Waals surface area contributed by atoms with Crippen LogP contribution in [0.25, 0.3) is 0 Å². The van der Waals surface area contributed by atoms with Crippen molar-refractivity contribution < 1.29 is 19.1 Å². The molecule has 0 saturated carbocycles. The molecule has 1 fully saturated rings. The number of likely N-dealkylation sites (N-methyl/N-ethyl adjacent to an activating group) is 1. The molecule has 1 aliphatic heterocycles. The summed E-state index contributed by atoms with van der Waals surface area (Å²) in [5.74, 6) is 0.426. The third-order valence-electron chi connectivity index (χ3n) is 2.92. The van der Waals surface area contributed by atoms with Crippen molar-refractivity contribution >= 4 is 23.2 Å². The summed E-state index contributed by atoms with van der Waals surface area (Å²) in [6.07, 6.45) is -0.549. The molecule has 6 heteroatoms. The summed E-state index contributed by atoms with van der Waals surface area (Å²) in [5, 5.41) is -0.347. The van der Waals surface area contributed by atoms with Crippen LogP contribution < -0.4 is 0 Å². The zero-order chi connectivity index (χ0) is 14.4. The number of carbonyl (C=O) groups excluding carboxylic acids is 2. The van der Waals surface area contributed by atoms with Crippen molar-refractivity contribution in [3.63, 3.8) is 0 Å². The summed E-state index contributed by atoms with van der Waals surface area (Å²) >= 11 is 1.04. The first-order valence-electron chi connectivity index (χ1n) is 6.48. The summed E-state index contributed by atoms with van der Waals surface area (Å²) in [6, 6.07) is 9.50. The number of amides is 1. The molecule has 1 heterocycles. The quantitative estimate of drug-likeness (QED) is 0.782. The summed E-state index contributed by atoms with van der Waals surface area (Å²) in [5.41, 5.74) is 0.950. The Morgan fingerprint density at radius 3 is 2.85 bits per heavy atom. The van der Waals surface area contributed by atoms with Crippen LogP contribution in [0.5, 0.6) is 0 Å². The molecule has 1 aromatic carbocycles. The minimum Gasteiger partial charge on any atom is -0.453 e. The van der Waals surface area contributed by atoms with E-state index < -0.39 is 0 Å². The maximum absolute atomic E-state index is 11.6. The third kappa shape index (κ3) is 4.16. The average molecular weight is 295 g/mol. The molecule has 1 amide bonds.